The molecule has 2 heterocycles. The Morgan fingerprint density at radius 2 is 1.85 bits per heavy atom. The van der Waals surface area contributed by atoms with Crippen LogP contribution in [-0.2, 0) is 0 Å². The maximum absolute atomic E-state index is 12.1. The van der Waals surface area contributed by atoms with Crippen molar-refractivity contribution in [2.45, 2.75) is 20.8 Å². The summed E-state index contributed by atoms with van der Waals surface area (Å²) in [7, 11) is 1.61. The van der Waals surface area contributed by atoms with E-state index in [0.717, 1.165) is 11.4 Å². The molecular formula is C16H18N2O2. The Hall–Kier alpha value is -2.23. The summed E-state index contributed by atoms with van der Waals surface area (Å²) in [5.41, 5.74) is 1.65. The average molecular weight is 270 g/mol. The van der Waals surface area contributed by atoms with Gasteiger partial charge in [-0.05, 0) is 18.2 Å². The first-order chi connectivity index (χ1) is 9.41. The van der Waals surface area contributed by atoms with Crippen molar-refractivity contribution in [2.24, 2.45) is 5.41 Å². The molecule has 0 saturated heterocycles. The summed E-state index contributed by atoms with van der Waals surface area (Å²) < 4.78 is 5.16. The number of aromatic nitrogens is 2. The largest absolute Gasteiger partial charge is 0.497 e. The zero-order chi connectivity index (χ0) is 14.8. The van der Waals surface area contributed by atoms with Crippen molar-refractivity contribution in [2.75, 3.05) is 7.11 Å². The lowest BCUT2D eigenvalue weighted by molar-refractivity contribution is 0.0858. The third kappa shape index (κ3) is 3.02. The van der Waals surface area contributed by atoms with Gasteiger partial charge in [0.25, 0.3) is 0 Å². The highest BCUT2D eigenvalue weighted by Crippen LogP contribution is 2.23. The average Bonchev–Trinajstić information content (AvgIpc) is 2.46. The molecule has 0 bridgehead atoms. The highest BCUT2D eigenvalue weighted by molar-refractivity contribution is 5.99. The normalized spacial score (nSPS) is 11.2. The van der Waals surface area contributed by atoms with Gasteiger partial charge in [-0.2, -0.15) is 0 Å². The predicted molar refractivity (Wildman–Crippen MR) is 77.8 cm³/mol. The van der Waals surface area contributed by atoms with E-state index in [0.29, 0.717) is 11.3 Å². The molecule has 2 rings (SSSR count). The molecule has 2 aromatic rings. The number of Topliss-reactive ketones (excluding diaryl/α,β-unsaturated/α-hetero) is 1. The van der Waals surface area contributed by atoms with Gasteiger partial charge in [-0.1, -0.05) is 20.8 Å². The maximum atomic E-state index is 12.1. The van der Waals surface area contributed by atoms with Crippen molar-refractivity contribution in [1.29, 1.82) is 0 Å². The second-order valence-electron chi connectivity index (χ2n) is 5.59. The minimum Gasteiger partial charge on any atom is -0.497 e. The van der Waals surface area contributed by atoms with Crippen LogP contribution in [0.2, 0.25) is 0 Å². The van der Waals surface area contributed by atoms with Crippen molar-refractivity contribution in [1.82, 2.24) is 9.97 Å². The summed E-state index contributed by atoms with van der Waals surface area (Å²) in [5.74, 6) is 0.807. The van der Waals surface area contributed by atoms with Crippen LogP contribution in [0.25, 0.3) is 11.4 Å². The van der Waals surface area contributed by atoms with Gasteiger partial charge in [0.1, 0.15) is 5.75 Å². The van der Waals surface area contributed by atoms with Gasteiger partial charge < -0.3 is 4.74 Å². The second kappa shape index (κ2) is 5.41. The number of nitrogens with zero attached hydrogens (tertiary/aromatic N) is 2. The molecule has 0 fully saturated rings. The van der Waals surface area contributed by atoms with Gasteiger partial charge in [-0.25, -0.2) is 0 Å². The topological polar surface area (TPSA) is 52.1 Å². The van der Waals surface area contributed by atoms with Crippen molar-refractivity contribution in [3.05, 3.63) is 42.2 Å². The molecule has 104 valence electrons. The summed E-state index contributed by atoms with van der Waals surface area (Å²) >= 11 is 0. The molecule has 0 aromatic carbocycles. The summed E-state index contributed by atoms with van der Waals surface area (Å²) in [6.45, 7) is 5.69. The molecule has 0 aliphatic rings. The van der Waals surface area contributed by atoms with Crippen LogP contribution in [0.1, 0.15) is 31.1 Å². The van der Waals surface area contributed by atoms with Gasteiger partial charge in [-0.15, -0.1) is 0 Å². The van der Waals surface area contributed by atoms with Crippen molar-refractivity contribution in [3.63, 3.8) is 0 Å². The highest BCUT2D eigenvalue weighted by Gasteiger charge is 2.23. The Morgan fingerprint density at radius 3 is 2.40 bits per heavy atom. The van der Waals surface area contributed by atoms with E-state index in [4.69, 9.17) is 4.74 Å². The summed E-state index contributed by atoms with van der Waals surface area (Å²) in [6.07, 6.45) is 3.27. The fourth-order valence-corrected chi connectivity index (χ4v) is 1.79. The molecule has 0 spiro atoms. The molecule has 0 radical (unpaired) electrons. The van der Waals surface area contributed by atoms with Gasteiger partial charge in [0.05, 0.1) is 18.5 Å². The van der Waals surface area contributed by atoms with Crippen LogP contribution in [-0.4, -0.2) is 22.9 Å². The van der Waals surface area contributed by atoms with Crippen LogP contribution >= 0.6 is 0 Å². The van der Waals surface area contributed by atoms with Crippen LogP contribution in [0, 0.1) is 5.41 Å². The number of hydrogen-bond acceptors (Lipinski definition) is 4. The van der Waals surface area contributed by atoms with E-state index >= 15 is 0 Å². The summed E-state index contributed by atoms with van der Waals surface area (Å²) in [4.78, 5) is 20.7. The molecule has 20 heavy (non-hydrogen) atoms. The molecular weight excluding hydrogens is 252 g/mol. The number of pyridine rings is 2. The fraction of sp³-hybridized carbons (Fsp3) is 0.312. The minimum absolute atomic E-state index is 0.0788. The number of methoxy groups -OCH3 is 1. The fourth-order valence-electron chi connectivity index (χ4n) is 1.79. The standard InChI is InChI=1S/C16H18N2O2/c1-16(2,3)15(19)11-5-6-13(18-10-11)14-9-12(20-4)7-8-17-14/h5-10H,1-4H3. The van der Waals surface area contributed by atoms with Crippen LogP contribution in [0.5, 0.6) is 5.75 Å². The quantitative estimate of drug-likeness (QED) is 0.802. The Labute approximate surface area is 118 Å². The van der Waals surface area contributed by atoms with Gasteiger partial charge in [0.15, 0.2) is 5.78 Å². The van der Waals surface area contributed by atoms with Gasteiger partial charge in [0, 0.05) is 29.4 Å². The van der Waals surface area contributed by atoms with Gasteiger partial charge in [-0.3, -0.25) is 14.8 Å². The van der Waals surface area contributed by atoms with Crippen molar-refractivity contribution >= 4 is 5.78 Å². The molecule has 0 amide bonds. The Morgan fingerprint density at radius 1 is 1.10 bits per heavy atom. The zero-order valence-electron chi connectivity index (χ0n) is 12.2. The molecule has 4 heteroatoms. The number of ether oxygens (including phenoxy) is 1. The van der Waals surface area contributed by atoms with E-state index in [9.17, 15) is 4.79 Å². The first kappa shape index (κ1) is 14.2. The van der Waals surface area contributed by atoms with Crippen molar-refractivity contribution in [3.8, 4) is 17.1 Å². The SMILES string of the molecule is COc1ccnc(-c2ccc(C(=O)C(C)(C)C)cn2)c1. The van der Waals surface area contributed by atoms with Crippen LogP contribution in [0.3, 0.4) is 0 Å². The number of carbonyl (C=O) groups is 1. The van der Waals surface area contributed by atoms with E-state index in [1.807, 2.05) is 26.8 Å². The lowest BCUT2D eigenvalue weighted by Gasteiger charge is -2.16. The predicted octanol–water partition coefficient (Wildman–Crippen LogP) is 3.38. The minimum atomic E-state index is -0.405. The van der Waals surface area contributed by atoms with E-state index in [1.54, 1.807) is 37.7 Å². The number of rotatable bonds is 3. The van der Waals surface area contributed by atoms with Crippen LogP contribution in [0.4, 0.5) is 0 Å². The van der Waals surface area contributed by atoms with Gasteiger partial charge in [0.2, 0.25) is 0 Å². The van der Waals surface area contributed by atoms with Crippen LogP contribution in [0.15, 0.2) is 36.7 Å². The Balaban J connectivity index is 2.30. The van der Waals surface area contributed by atoms with Crippen LogP contribution < -0.4 is 4.74 Å². The van der Waals surface area contributed by atoms with Gasteiger partial charge >= 0.3 is 0 Å². The molecule has 0 N–H and O–H groups in total. The summed E-state index contributed by atoms with van der Waals surface area (Å²) in [6, 6.07) is 7.19. The Bertz CT molecular complexity index is 613. The molecule has 2 aromatic heterocycles. The molecule has 0 atom stereocenters. The highest BCUT2D eigenvalue weighted by atomic mass is 16.5. The smallest absolute Gasteiger partial charge is 0.169 e. The van der Waals surface area contributed by atoms with Crippen molar-refractivity contribution < 1.29 is 9.53 Å². The molecule has 4 nitrogen and oxygen atoms in total. The number of carbonyl (C=O) groups excluding carboxylic acids is 1. The number of ketones is 1. The lowest BCUT2D eigenvalue weighted by Crippen LogP contribution is -2.20. The molecule has 0 saturated carbocycles. The molecule has 0 aliphatic carbocycles. The third-order valence-electron chi connectivity index (χ3n) is 2.94. The van der Waals surface area contributed by atoms with E-state index < -0.39 is 5.41 Å². The zero-order valence-corrected chi connectivity index (χ0v) is 12.2. The van der Waals surface area contributed by atoms with E-state index in [2.05, 4.69) is 9.97 Å². The van der Waals surface area contributed by atoms with E-state index in [1.165, 1.54) is 0 Å². The van der Waals surface area contributed by atoms with E-state index in [-0.39, 0.29) is 5.78 Å². The first-order valence-corrected chi connectivity index (χ1v) is 6.43. The number of hydrogen-bond donors (Lipinski definition) is 0. The Kier molecular flexibility index (Phi) is 3.84. The molecule has 0 unspecified atom stereocenters. The third-order valence-corrected chi connectivity index (χ3v) is 2.94. The maximum Gasteiger partial charge on any atom is 0.169 e. The first-order valence-electron chi connectivity index (χ1n) is 6.43. The lowest BCUT2D eigenvalue weighted by atomic mass is 9.87. The monoisotopic (exact) mass is 270 g/mol. The molecule has 0 aliphatic heterocycles. The summed E-state index contributed by atoms with van der Waals surface area (Å²) in [5, 5.41) is 0. The second-order valence-corrected chi connectivity index (χ2v) is 5.59.